The van der Waals surface area contributed by atoms with Crippen LogP contribution in [0.5, 0.6) is 0 Å². The van der Waals surface area contributed by atoms with E-state index in [0.717, 1.165) is 22.5 Å². The maximum atomic E-state index is 14.1. The molecule has 2 amide bonds. The van der Waals surface area contributed by atoms with Crippen molar-refractivity contribution in [3.8, 4) is 5.69 Å². The molecule has 0 fully saturated rings. The smallest absolute Gasteiger partial charge is 0.318 e. The Morgan fingerprint density at radius 3 is 2.53 bits per heavy atom. The molecule has 160 valence electrons. The van der Waals surface area contributed by atoms with E-state index in [1.54, 1.807) is 36.1 Å². The van der Waals surface area contributed by atoms with Crippen LogP contribution < -0.4 is 5.32 Å². The molecule has 4 nitrogen and oxygen atoms in total. The molecule has 1 atom stereocenters. The zero-order valence-corrected chi connectivity index (χ0v) is 17.4. The average molecular weight is 429 g/mol. The molecule has 0 bridgehead atoms. The molecule has 0 saturated carbocycles. The number of benzene rings is 3. The molecule has 6 heteroatoms. The van der Waals surface area contributed by atoms with E-state index in [1.165, 1.54) is 18.2 Å². The number of carbonyl (C=O) groups excluding carboxylic acids is 1. The Kier molecular flexibility index (Phi) is 4.98. The van der Waals surface area contributed by atoms with E-state index >= 15 is 0 Å². The normalized spacial score (nSPS) is 15.0. The Hall–Kier alpha value is -3.93. The molecule has 0 unspecified atom stereocenters. The molecule has 1 aliphatic heterocycles. The van der Waals surface area contributed by atoms with Gasteiger partial charge in [0.1, 0.15) is 11.6 Å². The van der Waals surface area contributed by atoms with Crippen molar-refractivity contribution in [1.29, 1.82) is 0 Å². The fourth-order valence-electron chi connectivity index (χ4n) is 4.20. The first-order valence-electron chi connectivity index (χ1n) is 10.4. The van der Waals surface area contributed by atoms with Gasteiger partial charge in [-0.2, -0.15) is 0 Å². The lowest BCUT2D eigenvalue weighted by atomic mass is 10.0. The van der Waals surface area contributed by atoms with E-state index in [9.17, 15) is 13.6 Å². The third kappa shape index (κ3) is 3.54. The molecule has 0 saturated heterocycles. The summed E-state index contributed by atoms with van der Waals surface area (Å²) < 4.78 is 29.8. The number of amides is 2. The van der Waals surface area contributed by atoms with E-state index < -0.39 is 6.04 Å². The highest BCUT2D eigenvalue weighted by Gasteiger charge is 2.33. The first-order chi connectivity index (χ1) is 15.5. The van der Waals surface area contributed by atoms with Crippen LogP contribution in [0.1, 0.15) is 28.4 Å². The van der Waals surface area contributed by atoms with Gasteiger partial charge in [0.15, 0.2) is 0 Å². The summed E-state index contributed by atoms with van der Waals surface area (Å²) >= 11 is 0. The van der Waals surface area contributed by atoms with Gasteiger partial charge in [0.2, 0.25) is 0 Å². The quantitative estimate of drug-likeness (QED) is 0.405. The highest BCUT2D eigenvalue weighted by molar-refractivity contribution is 5.90. The number of aryl methyl sites for hydroxylation is 1. The Bertz CT molecular complexity index is 1300. The van der Waals surface area contributed by atoms with Gasteiger partial charge in [0, 0.05) is 17.6 Å². The molecule has 0 aliphatic carbocycles. The molecule has 3 aromatic carbocycles. The van der Waals surface area contributed by atoms with E-state index in [4.69, 9.17) is 0 Å². The Morgan fingerprint density at radius 2 is 1.75 bits per heavy atom. The zero-order chi connectivity index (χ0) is 22.2. The Labute approximate surface area is 184 Å². The summed E-state index contributed by atoms with van der Waals surface area (Å²) in [6.45, 7) is 2.01. The fraction of sp³-hybridized carbons (Fsp3) is 0.115. The number of anilines is 1. The number of urea groups is 1. The van der Waals surface area contributed by atoms with E-state index in [2.05, 4.69) is 9.88 Å². The number of rotatable bonds is 2. The summed E-state index contributed by atoms with van der Waals surface area (Å²) in [4.78, 5) is 15.2. The van der Waals surface area contributed by atoms with Crippen molar-refractivity contribution in [3.63, 3.8) is 0 Å². The second-order valence-electron chi connectivity index (χ2n) is 7.91. The van der Waals surface area contributed by atoms with Crippen molar-refractivity contribution in [2.75, 3.05) is 5.32 Å². The molecule has 1 aliphatic rings. The number of halogens is 2. The zero-order valence-electron chi connectivity index (χ0n) is 17.4. The average Bonchev–Trinajstić information content (AvgIpc) is 3.21. The highest BCUT2D eigenvalue weighted by atomic mass is 19.1. The molecule has 2 heterocycles. The first-order valence-corrected chi connectivity index (χ1v) is 10.4. The summed E-state index contributed by atoms with van der Waals surface area (Å²) in [5, 5.41) is 2.84. The SMILES string of the molecule is Cc1ccc(NC(=O)N2Cc3ccccc3-n3cccc3[C@H]2c2ccc(F)cc2)cc1F. The minimum atomic E-state index is -0.465. The third-order valence-corrected chi connectivity index (χ3v) is 5.83. The number of nitrogens with one attached hydrogen (secondary N) is 1. The molecule has 1 aromatic heterocycles. The summed E-state index contributed by atoms with van der Waals surface area (Å²) in [7, 11) is 0. The van der Waals surface area contributed by atoms with Gasteiger partial charge in [0.25, 0.3) is 0 Å². The molecule has 5 rings (SSSR count). The van der Waals surface area contributed by atoms with Gasteiger partial charge in [0.05, 0.1) is 18.3 Å². The van der Waals surface area contributed by atoms with Crippen LogP contribution in [0.3, 0.4) is 0 Å². The van der Waals surface area contributed by atoms with Crippen molar-refractivity contribution in [3.05, 3.63) is 119 Å². The number of para-hydroxylation sites is 1. The maximum Gasteiger partial charge on any atom is 0.322 e. The summed E-state index contributed by atoms with van der Waals surface area (Å²) in [5.74, 6) is -0.722. The van der Waals surface area contributed by atoms with Gasteiger partial charge in [-0.1, -0.05) is 36.4 Å². The minimum Gasteiger partial charge on any atom is -0.318 e. The Morgan fingerprint density at radius 1 is 0.969 bits per heavy atom. The number of hydrogen-bond donors (Lipinski definition) is 1. The van der Waals surface area contributed by atoms with Crippen molar-refractivity contribution >= 4 is 11.7 Å². The number of aromatic nitrogens is 1. The number of hydrogen-bond acceptors (Lipinski definition) is 1. The third-order valence-electron chi connectivity index (χ3n) is 5.83. The number of nitrogens with zero attached hydrogens (tertiary/aromatic N) is 2. The van der Waals surface area contributed by atoms with Crippen LogP contribution in [-0.2, 0) is 6.54 Å². The van der Waals surface area contributed by atoms with Gasteiger partial charge in [-0.3, -0.25) is 0 Å². The van der Waals surface area contributed by atoms with Crippen LogP contribution in [0, 0.1) is 18.6 Å². The van der Waals surface area contributed by atoms with Crippen LogP contribution in [-0.4, -0.2) is 15.5 Å². The van der Waals surface area contributed by atoms with Crippen molar-refractivity contribution in [2.45, 2.75) is 19.5 Å². The van der Waals surface area contributed by atoms with Gasteiger partial charge in [-0.15, -0.1) is 0 Å². The molecule has 32 heavy (non-hydrogen) atoms. The van der Waals surface area contributed by atoms with E-state index in [0.29, 0.717) is 17.8 Å². The molecular weight excluding hydrogens is 408 g/mol. The largest absolute Gasteiger partial charge is 0.322 e. The lowest BCUT2D eigenvalue weighted by Crippen LogP contribution is -2.38. The van der Waals surface area contributed by atoms with Crippen molar-refractivity contribution in [1.82, 2.24) is 9.47 Å². The molecule has 1 N–H and O–H groups in total. The van der Waals surface area contributed by atoms with Crippen molar-refractivity contribution < 1.29 is 13.6 Å². The van der Waals surface area contributed by atoms with Crippen LogP contribution in [0.25, 0.3) is 5.69 Å². The van der Waals surface area contributed by atoms with Gasteiger partial charge in [-0.05, 0) is 66.1 Å². The van der Waals surface area contributed by atoms with E-state index in [-0.39, 0.29) is 17.7 Å². The minimum absolute atomic E-state index is 0.333. The lowest BCUT2D eigenvalue weighted by Gasteiger charge is -2.31. The summed E-state index contributed by atoms with van der Waals surface area (Å²) in [6.07, 6.45) is 1.96. The molecular formula is C26H21F2N3O. The van der Waals surface area contributed by atoms with Crippen LogP contribution in [0.15, 0.2) is 85.1 Å². The highest BCUT2D eigenvalue weighted by Crippen LogP contribution is 2.37. The number of fused-ring (bicyclic) bond motifs is 3. The van der Waals surface area contributed by atoms with Crippen molar-refractivity contribution in [2.24, 2.45) is 0 Å². The molecule has 0 radical (unpaired) electrons. The van der Waals surface area contributed by atoms with Gasteiger partial charge < -0.3 is 14.8 Å². The van der Waals surface area contributed by atoms with Crippen LogP contribution in [0.2, 0.25) is 0 Å². The first kappa shape index (κ1) is 20.0. The van der Waals surface area contributed by atoms with Gasteiger partial charge >= 0.3 is 6.03 Å². The maximum absolute atomic E-state index is 14.1. The molecule has 0 spiro atoms. The summed E-state index contributed by atoms with van der Waals surface area (Å²) in [5.41, 5.74) is 4.50. The number of carbonyl (C=O) groups is 1. The Balaban J connectivity index is 1.61. The second kappa shape index (κ2) is 7.96. The topological polar surface area (TPSA) is 37.3 Å². The monoisotopic (exact) mass is 429 g/mol. The van der Waals surface area contributed by atoms with E-state index in [1.807, 2.05) is 42.6 Å². The lowest BCUT2D eigenvalue weighted by molar-refractivity contribution is 0.194. The van der Waals surface area contributed by atoms with Crippen LogP contribution in [0.4, 0.5) is 19.3 Å². The fourth-order valence-corrected chi connectivity index (χ4v) is 4.20. The van der Waals surface area contributed by atoms with Gasteiger partial charge in [-0.25, -0.2) is 13.6 Å². The predicted octanol–water partition coefficient (Wildman–Crippen LogP) is 6.20. The standard InChI is InChI=1S/C26H21F2N3O/c1-17-8-13-21(15-22(17)28)29-26(32)31-16-19-5-2-3-6-23(19)30-14-4-7-24(30)25(31)18-9-11-20(27)12-10-18/h2-15,25H,16H2,1H3,(H,29,32)/t25-/m1/s1. The van der Waals surface area contributed by atoms with Crippen LogP contribution >= 0.6 is 0 Å². The predicted molar refractivity (Wildman–Crippen MR) is 120 cm³/mol. The molecule has 4 aromatic rings. The second-order valence-corrected chi connectivity index (χ2v) is 7.91. The summed E-state index contributed by atoms with van der Waals surface area (Å²) in [6, 6.07) is 21.7.